The summed E-state index contributed by atoms with van der Waals surface area (Å²) in [4.78, 5) is 8.40. The van der Waals surface area contributed by atoms with Crippen molar-refractivity contribution in [3.8, 4) is 5.75 Å². The molecule has 0 amide bonds. The van der Waals surface area contributed by atoms with Crippen molar-refractivity contribution >= 4 is 16.9 Å². The molecular weight excluding hydrogens is 278 g/mol. The van der Waals surface area contributed by atoms with Crippen LogP contribution in [0.25, 0.3) is 11.0 Å². The first kappa shape index (κ1) is 14.3. The third-order valence-electron chi connectivity index (χ3n) is 3.59. The molecule has 0 aliphatic heterocycles. The van der Waals surface area contributed by atoms with Crippen molar-refractivity contribution in [2.45, 2.75) is 26.4 Å². The lowest BCUT2D eigenvalue weighted by atomic mass is 10.2. The number of para-hydroxylation sites is 1. The highest BCUT2D eigenvalue weighted by molar-refractivity contribution is 5.85. The Kier molecular flexibility index (Phi) is 4.18. The fourth-order valence-corrected chi connectivity index (χ4v) is 2.25. The van der Waals surface area contributed by atoms with Gasteiger partial charge in [0, 0.05) is 0 Å². The molecule has 2 heterocycles. The summed E-state index contributed by atoms with van der Waals surface area (Å²) >= 11 is 0. The number of aromatic amines is 1. The second-order valence-corrected chi connectivity index (χ2v) is 5.15. The quantitative estimate of drug-likeness (QED) is 0.731. The number of rotatable bonds is 6. The number of fused-ring (bicyclic) bond motifs is 1. The van der Waals surface area contributed by atoms with Crippen LogP contribution in [0, 0.1) is 6.92 Å². The first-order valence-electron chi connectivity index (χ1n) is 7.38. The van der Waals surface area contributed by atoms with Crippen LogP contribution in [-0.4, -0.2) is 32.8 Å². The summed E-state index contributed by atoms with van der Waals surface area (Å²) in [7, 11) is 0. The van der Waals surface area contributed by atoms with Crippen molar-refractivity contribution in [2.24, 2.45) is 0 Å². The molecule has 2 N–H and O–H groups in total. The van der Waals surface area contributed by atoms with Gasteiger partial charge < -0.3 is 10.1 Å². The molecule has 114 valence electrons. The maximum absolute atomic E-state index is 6.08. The van der Waals surface area contributed by atoms with E-state index in [1.54, 1.807) is 6.20 Å². The van der Waals surface area contributed by atoms with Gasteiger partial charge in [-0.3, -0.25) is 5.10 Å². The van der Waals surface area contributed by atoms with Crippen LogP contribution in [0.15, 0.2) is 36.8 Å². The number of aryl methyl sites for hydroxylation is 1. The van der Waals surface area contributed by atoms with Crippen molar-refractivity contribution in [3.63, 3.8) is 0 Å². The molecule has 6 nitrogen and oxygen atoms in total. The zero-order valence-corrected chi connectivity index (χ0v) is 12.7. The number of nitrogens with one attached hydrogen (secondary N) is 2. The van der Waals surface area contributed by atoms with E-state index in [1.807, 2.05) is 18.2 Å². The second kappa shape index (κ2) is 6.43. The monoisotopic (exact) mass is 297 g/mol. The van der Waals surface area contributed by atoms with Gasteiger partial charge in [-0.05, 0) is 25.0 Å². The van der Waals surface area contributed by atoms with E-state index in [9.17, 15) is 0 Å². The van der Waals surface area contributed by atoms with Crippen LogP contribution >= 0.6 is 0 Å². The third kappa shape index (κ3) is 3.00. The molecule has 0 spiro atoms. The molecule has 0 saturated carbocycles. The summed E-state index contributed by atoms with van der Waals surface area (Å²) in [6.07, 6.45) is 4.21. The number of benzene rings is 1. The Morgan fingerprint density at radius 2 is 2.14 bits per heavy atom. The second-order valence-electron chi connectivity index (χ2n) is 5.15. The highest BCUT2D eigenvalue weighted by Gasteiger charge is 2.11. The zero-order chi connectivity index (χ0) is 15.4. The lowest BCUT2D eigenvalue weighted by molar-refractivity contribution is 0.208. The Hall–Kier alpha value is -2.63. The van der Waals surface area contributed by atoms with Crippen molar-refractivity contribution in [3.05, 3.63) is 42.4 Å². The first-order valence-corrected chi connectivity index (χ1v) is 7.38. The van der Waals surface area contributed by atoms with Gasteiger partial charge in [-0.25, -0.2) is 9.97 Å². The molecule has 0 bridgehead atoms. The van der Waals surface area contributed by atoms with E-state index in [4.69, 9.17) is 4.74 Å². The number of ether oxygens (including phenoxy) is 1. The van der Waals surface area contributed by atoms with Crippen LogP contribution in [-0.2, 0) is 0 Å². The summed E-state index contributed by atoms with van der Waals surface area (Å²) in [5.41, 5.74) is 1.87. The number of hydrogen-bond donors (Lipinski definition) is 2. The molecule has 0 aliphatic rings. The van der Waals surface area contributed by atoms with Crippen LogP contribution in [0.2, 0.25) is 0 Å². The van der Waals surface area contributed by atoms with Gasteiger partial charge in [-0.2, -0.15) is 5.10 Å². The maximum atomic E-state index is 6.08. The predicted molar refractivity (Wildman–Crippen MR) is 86.1 cm³/mol. The molecule has 0 aliphatic carbocycles. The van der Waals surface area contributed by atoms with Crippen LogP contribution in [0.5, 0.6) is 5.75 Å². The highest BCUT2D eigenvalue weighted by Crippen LogP contribution is 2.20. The molecule has 22 heavy (non-hydrogen) atoms. The van der Waals surface area contributed by atoms with Gasteiger partial charge in [0.1, 0.15) is 24.0 Å². The van der Waals surface area contributed by atoms with E-state index in [0.717, 1.165) is 34.6 Å². The van der Waals surface area contributed by atoms with Gasteiger partial charge in [0.15, 0.2) is 5.65 Å². The molecule has 3 aromatic rings. The van der Waals surface area contributed by atoms with Gasteiger partial charge >= 0.3 is 0 Å². The van der Waals surface area contributed by atoms with E-state index in [1.165, 1.54) is 6.33 Å². The average Bonchev–Trinajstić information content (AvgIpc) is 3.02. The van der Waals surface area contributed by atoms with E-state index >= 15 is 0 Å². The van der Waals surface area contributed by atoms with E-state index in [-0.39, 0.29) is 6.10 Å². The number of nitrogens with zero attached hydrogens (tertiary/aromatic N) is 3. The minimum atomic E-state index is 0.0676. The van der Waals surface area contributed by atoms with E-state index in [2.05, 4.69) is 45.4 Å². The summed E-state index contributed by atoms with van der Waals surface area (Å²) in [6.45, 7) is 4.83. The first-order chi connectivity index (χ1) is 10.8. The maximum Gasteiger partial charge on any atom is 0.160 e. The minimum absolute atomic E-state index is 0.0676. The Bertz CT molecular complexity index is 755. The number of aromatic nitrogens is 4. The van der Waals surface area contributed by atoms with Gasteiger partial charge in [-0.1, -0.05) is 25.1 Å². The third-order valence-corrected chi connectivity index (χ3v) is 3.59. The number of hydrogen-bond acceptors (Lipinski definition) is 5. The molecule has 2 aromatic heterocycles. The molecule has 1 unspecified atom stereocenters. The molecule has 0 fully saturated rings. The molecule has 0 radical (unpaired) electrons. The zero-order valence-electron chi connectivity index (χ0n) is 12.7. The summed E-state index contributed by atoms with van der Waals surface area (Å²) in [5.74, 6) is 1.69. The Morgan fingerprint density at radius 3 is 2.95 bits per heavy atom. The molecule has 1 aromatic carbocycles. The summed E-state index contributed by atoms with van der Waals surface area (Å²) in [6, 6.07) is 8.05. The molecular formula is C16H19N5O. The normalized spacial score (nSPS) is 12.3. The minimum Gasteiger partial charge on any atom is -0.488 e. The van der Waals surface area contributed by atoms with Gasteiger partial charge in [0.2, 0.25) is 0 Å². The van der Waals surface area contributed by atoms with Gasteiger partial charge in [0.05, 0.1) is 18.1 Å². The SMILES string of the molecule is CCC(CNc1ncnc2[nH]ncc12)Oc1ccccc1C. The van der Waals surface area contributed by atoms with Gasteiger partial charge in [0.25, 0.3) is 0 Å². The Labute approximate surface area is 128 Å². The van der Waals surface area contributed by atoms with Gasteiger partial charge in [-0.15, -0.1) is 0 Å². The molecule has 0 saturated heterocycles. The highest BCUT2D eigenvalue weighted by atomic mass is 16.5. The largest absolute Gasteiger partial charge is 0.488 e. The van der Waals surface area contributed by atoms with Crippen LogP contribution in [0.4, 0.5) is 5.82 Å². The number of anilines is 1. The fraction of sp³-hybridized carbons (Fsp3) is 0.312. The molecule has 3 rings (SSSR count). The summed E-state index contributed by atoms with van der Waals surface area (Å²) < 4.78 is 6.08. The van der Waals surface area contributed by atoms with Crippen molar-refractivity contribution in [1.29, 1.82) is 0 Å². The Balaban J connectivity index is 1.69. The predicted octanol–water partition coefficient (Wildman–Crippen LogP) is 2.93. The molecule has 1 atom stereocenters. The fourth-order valence-electron chi connectivity index (χ4n) is 2.25. The molecule has 6 heteroatoms. The lowest BCUT2D eigenvalue weighted by Crippen LogP contribution is -2.26. The standard InChI is InChI=1S/C16H19N5O/c1-3-12(22-14-7-5-4-6-11(14)2)8-17-15-13-9-20-21-16(13)19-10-18-15/h4-7,9-10,12H,3,8H2,1-2H3,(H2,17,18,19,20,21). The van der Waals surface area contributed by atoms with Crippen molar-refractivity contribution < 1.29 is 4.74 Å². The topological polar surface area (TPSA) is 75.7 Å². The van der Waals surface area contributed by atoms with Crippen LogP contribution in [0.1, 0.15) is 18.9 Å². The Morgan fingerprint density at radius 1 is 1.27 bits per heavy atom. The summed E-state index contributed by atoms with van der Waals surface area (Å²) in [5, 5.41) is 11.0. The van der Waals surface area contributed by atoms with Crippen LogP contribution in [0.3, 0.4) is 0 Å². The lowest BCUT2D eigenvalue weighted by Gasteiger charge is -2.19. The van der Waals surface area contributed by atoms with E-state index < -0.39 is 0 Å². The average molecular weight is 297 g/mol. The van der Waals surface area contributed by atoms with E-state index in [0.29, 0.717) is 6.54 Å². The smallest absolute Gasteiger partial charge is 0.160 e. The number of H-pyrrole nitrogens is 1. The van der Waals surface area contributed by atoms with Crippen molar-refractivity contribution in [2.75, 3.05) is 11.9 Å². The van der Waals surface area contributed by atoms with Crippen LogP contribution < -0.4 is 10.1 Å². The van der Waals surface area contributed by atoms with Crippen molar-refractivity contribution in [1.82, 2.24) is 20.2 Å².